The fourth-order valence-electron chi connectivity index (χ4n) is 6.12. The summed E-state index contributed by atoms with van der Waals surface area (Å²) in [4.78, 5) is 2.29. The molecule has 184 valence electrons. The quantitative estimate of drug-likeness (QED) is 0.234. The maximum absolute atomic E-state index is 8.40. The zero-order chi connectivity index (χ0) is 26.6. The normalized spacial score (nSPS) is 12.4. The molecular weight excluding hydrogens is 472 g/mol. The van der Waals surface area contributed by atoms with Crippen LogP contribution in [0.1, 0.15) is 12.5 Å². The van der Waals surface area contributed by atoms with Crippen LogP contribution in [0.15, 0.2) is 146 Å². The van der Waals surface area contributed by atoms with Crippen molar-refractivity contribution in [2.75, 3.05) is 4.90 Å². The van der Waals surface area contributed by atoms with Gasteiger partial charge < -0.3 is 9.47 Å². The summed E-state index contributed by atoms with van der Waals surface area (Å²) >= 11 is 0. The van der Waals surface area contributed by atoms with Crippen LogP contribution in [0.25, 0.3) is 38.6 Å². The van der Waals surface area contributed by atoms with Crippen molar-refractivity contribution in [3.8, 4) is 16.8 Å². The minimum absolute atomic E-state index is 0.575. The summed E-state index contributed by atoms with van der Waals surface area (Å²) in [5.74, 6) is 0. The standard InChI is InChI=1S/C37H26N2/c1-3-11-30(12-4-1)38(31-13-5-2-6-14-31)32-22-20-26(21-23-32)27-18-19-28-24-29-10-9-16-34-33-15-7-8-17-35(33)39(37(29)34)36(28)25-27/h1-23,25H,24H2/i9D. The minimum Gasteiger partial charge on any atom is -0.311 e. The predicted molar refractivity (Wildman–Crippen MR) is 164 cm³/mol. The van der Waals surface area contributed by atoms with Gasteiger partial charge in [0.2, 0.25) is 0 Å². The first kappa shape index (κ1) is 20.9. The van der Waals surface area contributed by atoms with Gasteiger partial charge in [0.05, 0.1) is 18.1 Å². The van der Waals surface area contributed by atoms with E-state index in [1.807, 2.05) is 12.1 Å². The van der Waals surface area contributed by atoms with Crippen molar-refractivity contribution in [1.82, 2.24) is 4.57 Å². The lowest BCUT2D eigenvalue weighted by atomic mass is 9.94. The topological polar surface area (TPSA) is 8.17 Å². The smallest absolute Gasteiger partial charge is 0.0623 e. The van der Waals surface area contributed by atoms with Crippen molar-refractivity contribution in [2.24, 2.45) is 0 Å². The Balaban J connectivity index is 1.24. The largest absolute Gasteiger partial charge is 0.311 e. The van der Waals surface area contributed by atoms with Crippen molar-refractivity contribution in [3.05, 3.63) is 157 Å². The van der Waals surface area contributed by atoms with E-state index < -0.39 is 0 Å². The average Bonchev–Trinajstić information content (AvgIpc) is 3.34. The number of hydrogen-bond donors (Lipinski definition) is 0. The number of benzene rings is 6. The van der Waals surface area contributed by atoms with Gasteiger partial charge in [0, 0.05) is 34.3 Å². The van der Waals surface area contributed by atoms with Gasteiger partial charge in [-0.1, -0.05) is 97.0 Å². The molecule has 0 spiro atoms. The van der Waals surface area contributed by atoms with E-state index in [0.717, 1.165) is 23.5 Å². The van der Waals surface area contributed by atoms with Gasteiger partial charge in [-0.15, -0.1) is 0 Å². The summed E-state index contributed by atoms with van der Waals surface area (Å²) in [7, 11) is 0. The van der Waals surface area contributed by atoms with E-state index >= 15 is 0 Å². The SMILES string of the molecule is [2H]c1cc2c3c(c1)c1ccccc1n3-c1cc(-c3ccc(N(c4ccccc4)c4ccccc4)cc3)ccc1C2. The number of rotatable bonds is 4. The average molecular weight is 500 g/mol. The molecule has 0 N–H and O–H groups in total. The molecule has 0 aliphatic carbocycles. The second kappa shape index (κ2) is 8.75. The van der Waals surface area contributed by atoms with Gasteiger partial charge in [-0.25, -0.2) is 0 Å². The molecule has 7 aromatic rings. The van der Waals surface area contributed by atoms with E-state index in [9.17, 15) is 0 Å². The molecule has 6 aromatic carbocycles. The highest BCUT2D eigenvalue weighted by Crippen LogP contribution is 2.41. The second-order valence-electron chi connectivity index (χ2n) is 10.2. The Morgan fingerprint density at radius 2 is 1.18 bits per heavy atom. The summed E-state index contributed by atoms with van der Waals surface area (Å²) in [6.45, 7) is 0. The van der Waals surface area contributed by atoms with Gasteiger partial charge in [0.15, 0.2) is 0 Å². The summed E-state index contributed by atoms with van der Waals surface area (Å²) in [6.07, 6.45) is 0.844. The number of aromatic nitrogens is 1. The molecule has 39 heavy (non-hydrogen) atoms. The van der Waals surface area contributed by atoms with E-state index in [1.54, 1.807) is 0 Å². The monoisotopic (exact) mass is 499 g/mol. The Hall–Kier alpha value is -5.08. The molecule has 0 radical (unpaired) electrons. The molecule has 1 aliphatic rings. The first-order valence-electron chi connectivity index (χ1n) is 13.9. The van der Waals surface area contributed by atoms with E-state index in [2.05, 4.69) is 137 Å². The van der Waals surface area contributed by atoms with Crippen LogP contribution < -0.4 is 4.90 Å². The molecule has 0 amide bonds. The molecule has 0 unspecified atom stereocenters. The molecule has 1 aliphatic heterocycles. The Kier molecular flexibility index (Phi) is 4.69. The molecule has 2 nitrogen and oxygen atoms in total. The van der Waals surface area contributed by atoms with Gasteiger partial charge in [-0.05, 0) is 70.8 Å². The zero-order valence-corrected chi connectivity index (χ0v) is 21.4. The molecule has 0 fully saturated rings. The molecule has 0 atom stereocenters. The van der Waals surface area contributed by atoms with Crippen LogP contribution in [0, 0.1) is 0 Å². The summed E-state index contributed by atoms with van der Waals surface area (Å²) in [5, 5.41) is 2.37. The molecule has 1 aromatic heterocycles. The van der Waals surface area contributed by atoms with Gasteiger partial charge in [0.25, 0.3) is 0 Å². The van der Waals surface area contributed by atoms with Crippen LogP contribution in [-0.2, 0) is 6.42 Å². The summed E-state index contributed by atoms with van der Waals surface area (Å²) in [6, 6.07) is 49.9. The minimum atomic E-state index is 0.575. The lowest BCUT2D eigenvalue weighted by Crippen LogP contribution is -2.09. The molecule has 2 heterocycles. The Labute approximate surface area is 229 Å². The summed E-state index contributed by atoms with van der Waals surface area (Å²) in [5.41, 5.74) is 11.9. The lowest BCUT2D eigenvalue weighted by molar-refractivity contribution is 1.04. The van der Waals surface area contributed by atoms with Gasteiger partial charge in [-0.3, -0.25) is 0 Å². The highest BCUT2D eigenvalue weighted by Gasteiger charge is 2.22. The zero-order valence-electron chi connectivity index (χ0n) is 22.4. The highest BCUT2D eigenvalue weighted by atomic mass is 15.1. The molecule has 0 saturated heterocycles. The number of nitrogens with zero attached hydrogens (tertiary/aromatic N) is 2. The molecule has 0 saturated carbocycles. The highest BCUT2D eigenvalue weighted by molar-refractivity contribution is 6.11. The van der Waals surface area contributed by atoms with Crippen LogP contribution in [0.3, 0.4) is 0 Å². The fourth-order valence-corrected chi connectivity index (χ4v) is 6.12. The van der Waals surface area contributed by atoms with E-state index in [0.29, 0.717) is 6.04 Å². The van der Waals surface area contributed by atoms with E-state index in [4.69, 9.17) is 1.37 Å². The maximum atomic E-state index is 8.40. The van der Waals surface area contributed by atoms with Crippen LogP contribution in [0.5, 0.6) is 0 Å². The number of hydrogen-bond acceptors (Lipinski definition) is 1. The van der Waals surface area contributed by atoms with Gasteiger partial charge in [-0.2, -0.15) is 0 Å². The van der Waals surface area contributed by atoms with Crippen LogP contribution in [0.2, 0.25) is 0 Å². The van der Waals surface area contributed by atoms with Crippen LogP contribution in [0.4, 0.5) is 17.1 Å². The fraction of sp³-hybridized carbons (Fsp3) is 0.0270. The molecule has 2 heteroatoms. The van der Waals surface area contributed by atoms with Crippen LogP contribution in [-0.4, -0.2) is 4.57 Å². The van der Waals surface area contributed by atoms with Crippen molar-refractivity contribution in [1.29, 1.82) is 0 Å². The van der Waals surface area contributed by atoms with Crippen molar-refractivity contribution >= 4 is 38.9 Å². The molecular formula is C37H26N2. The third kappa shape index (κ3) is 3.49. The molecule has 8 rings (SSSR count). The Morgan fingerprint density at radius 1 is 0.538 bits per heavy atom. The second-order valence-corrected chi connectivity index (χ2v) is 10.2. The first-order valence-corrected chi connectivity index (χ1v) is 13.4. The van der Waals surface area contributed by atoms with Gasteiger partial charge in [0.1, 0.15) is 0 Å². The number of anilines is 3. The van der Waals surface area contributed by atoms with E-state index in [1.165, 1.54) is 49.7 Å². The van der Waals surface area contributed by atoms with E-state index in [-0.39, 0.29) is 0 Å². The Morgan fingerprint density at radius 3 is 1.92 bits per heavy atom. The van der Waals surface area contributed by atoms with Crippen molar-refractivity contribution < 1.29 is 1.37 Å². The number of para-hydroxylation sites is 4. The predicted octanol–water partition coefficient (Wildman–Crippen LogP) is 9.82. The van der Waals surface area contributed by atoms with Crippen molar-refractivity contribution in [3.63, 3.8) is 0 Å². The van der Waals surface area contributed by atoms with Gasteiger partial charge >= 0.3 is 0 Å². The number of fused-ring (bicyclic) bond motifs is 5. The lowest BCUT2D eigenvalue weighted by Gasteiger charge is -2.25. The van der Waals surface area contributed by atoms with Crippen LogP contribution >= 0.6 is 0 Å². The third-order valence-electron chi connectivity index (χ3n) is 7.90. The Bertz CT molecular complexity index is 1980. The maximum Gasteiger partial charge on any atom is 0.0623 e. The van der Waals surface area contributed by atoms with Crippen molar-refractivity contribution in [2.45, 2.75) is 6.42 Å². The summed E-state index contributed by atoms with van der Waals surface area (Å²) < 4.78 is 10.8. The first-order chi connectivity index (χ1) is 19.7. The molecule has 0 bridgehead atoms. The third-order valence-corrected chi connectivity index (χ3v) is 7.90.